The van der Waals surface area contributed by atoms with Crippen LogP contribution in [0.15, 0.2) is 193 Å². The predicted octanol–water partition coefficient (Wildman–Crippen LogP) is 16.2. The Hall–Kier alpha value is -7.06. The first-order valence-electron chi connectivity index (χ1n) is 28.2. The van der Waals surface area contributed by atoms with Crippen LogP contribution in [0.5, 0.6) is 11.5 Å². The van der Waals surface area contributed by atoms with Gasteiger partial charge in [0.15, 0.2) is 11.2 Å². The molecule has 2 unspecified atom stereocenters. The van der Waals surface area contributed by atoms with E-state index >= 15 is 0 Å². The fourth-order valence-corrected chi connectivity index (χ4v) is 12.1. The van der Waals surface area contributed by atoms with Crippen LogP contribution in [0.3, 0.4) is 0 Å². The number of benzene rings is 6. The van der Waals surface area contributed by atoms with Crippen molar-refractivity contribution >= 4 is 11.9 Å². The van der Waals surface area contributed by atoms with Crippen LogP contribution in [0.2, 0.25) is 0 Å². The van der Waals surface area contributed by atoms with Gasteiger partial charge in [-0.1, -0.05) is 235 Å². The SMILES string of the molecule is CC1=C2C(=O)OCCOc3ccc(cc3)-c3ccc(cc3)OCCOC(=O)C3=C(C)OC(c4ccccc4)(c4ccccc4)C3CCCCCCCCCCCCCCCCC2C(c2ccccc2)(c2ccccc2)O1. The van der Waals surface area contributed by atoms with Crippen LogP contribution in [0.4, 0.5) is 0 Å². The highest BCUT2D eigenvalue weighted by Gasteiger charge is 2.54. The Kier molecular flexibility index (Phi) is 18.8. The quantitative estimate of drug-likeness (QED) is 0.161. The van der Waals surface area contributed by atoms with Crippen molar-refractivity contribution in [3.8, 4) is 22.6 Å². The highest BCUT2D eigenvalue weighted by atomic mass is 16.6. The lowest BCUT2D eigenvalue weighted by atomic mass is 9.72. The number of carbonyl (C=O) groups is 2. The Labute approximate surface area is 451 Å². The summed E-state index contributed by atoms with van der Waals surface area (Å²) in [5.41, 5.74) is 5.70. The molecular weight excluding hydrogens is 945 g/mol. The van der Waals surface area contributed by atoms with Crippen molar-refractivity contribution in [1.29, 1.82) is 0 Å². The van der Waals surface area contributed by atoms with Gasteiger partial charge in [-0.3, -0.25) is 0 Å². The molecule has 8 heteroatoms. The molecule has 76 heavy (non-hydrogen) atoms. The summed E-state index contributed by atoms with van der Waals surface area (Å²) in [6.45, 7) is 4.45. The summed E-state index contributed by atoms with van der Waals surface area (Å²) in [6.07, 6.45) is 18.1. The van der Waals surface area contributed by atoms with Crippen LogP contribution >= 0.6 is 0 Å². The number of allylic oxidation sites excluding steroid dienone is 2. The van der Waals surface area contributed by atoms with E-state index in [0.717, 1.165) is 71.9 Å². The molecule has 8 nitrogen and oxygen atoms in total. The molecule has 6 aromatic rings. The molecule has 6 aromatic carbocycles. The number of ether oxygens (including phenoxy) is 6. The minimum atomic E-state index is -0.847. The Bertz CT molecular complexity index is 2550. The lowest BCUT2D eigenvalue weighted by Crippen LogP contribution is -2.37. The lowest BCUT2D eigenvalue weighted by Gasteiger charge is -2.37. The Morgan fingerprint density at radius 2 is 0.592 bits per heavy atom. The van der Waals surface area contributed by atoms with E-state index in [-0.39, 0.29) is 50.2 Å². The molecule has 5 aliphatic rings. The van der Waals surface area contributed by atoms with Crippen LogP contribution in [0, 0.1) is 11.8 Å². The minimum Gasteiger partial charge on any atom is -0.490 e. The van der Waals surface area contributed by atoms with Gasteiger partial charge in [0, 0.05) is 34.1 Å². The van der Waals surface area contributed by atoms with Crippen LogP contribution < -0.4 is 9.47 Å². The van der Waals surface area contributed by atoms with E-state index in [1.54, 1.807) is 0 Å². The first-order chi connectivity index (χ1) is 37.4. The molecule has 5 heterocycles. The monoisotopic (exact) mass is 1020 g/mol. The molecule has 0 amide bonds. The van der Waals surface area contributed by atoms with Crippen molar-refractivity contribution in [1.82, 2.24) is 0 Å². The van der Waals surface area contributed by atoms with E-state index < -0.39 is 11.2 Å². The molecule has 0 aliphatic carbocycles. The Morgan fingerprint density at radius 3 is 0.882 bits per heavy atom. The zero-order valence-electron chi connectivity index (χ0n) is 44.7. The van der Waals surface area contributed by atoms with E-state index in [4.69, 9.17) is 28.4 Å². The van der Waals surface area contributed by atoms with Gasteiger partial charge in [0.1, 0.15) is 49.4 Å². The van der Waals surface area contributed by atoms with Gasteiger partial charge in [-0.05, 0) is 62.1 Å². The highest BCUT2D eigenvalue weighted by Crippen LogP contribution is 2.55. The summed E-state index contributed by atoms with van der Waals surface area (Å²) in [5, 5.41) is 0. The van der Waals surface area contributed by atoms with Crippen molar-refractivity contribution in [2.75, 3.05) is 26.4 Å². The van der Waals surface area contributed by atoms with Crippen LogP contribution in [0.1, 0.15) is 139 Å². The van der Waals surface area contributed by atoms with Crippen molar-refractivity contribution in [2.24, 2.45) is 11.8 Å². The third kappa shape index (κ3) is 12.6. The van der Waals surface area contributed by atoms with E-state index in [2.05, 4.69) is 97.1 Å². The molecule has 396 valence electrons. The van der Waals surface area contributed by atoms with Crippen molar-refractivity contribution < 1.29 is 38.0 Å². The Morgan fingerprint density at radius 1 is 0.329 bits per heavy atom. The molecule has 0 saturated heterocycles. The molecule has 4 bridgehead atoms. The largest absolute Gasteiger partial charge is 0.490 e. The number of hydrogen-bond donors (Lipinski definition) is 0. The maximum Gasteiger partial charge on any atom is 0.338 e. The van der Waals surface area contributed by atoms with Crippen LogP contribution in [0.25, 0.3) is 11.1 Å². The van der Waals surface area contributed by atoms with Crippen molar-refractivity contribution in [3.05, 3.63) is 215 Å². The van der Waals surface area contributed by atoms with Gasteiger partial charge in [-0.15, -0.1) is 0 Å². The molecule has 5 aliphatic heterocycles. The molecule has 0 aromatic heterocycles. The first-order valence-corrected chi connectivity index (χ1v) is 28.2. The third-order valence-electron chi connectivity index (χ3n) is 15.8. The normalized spacial score (nSPS) is 20.8. The smallest absolute Gasteiger partial charge is 0.338 e. The van der Waals surface area contributed by atoms with Crippen molar-refractivity contribution in [2.45, 2.75) is 128 Å². The second-order valence-electron chi connectivity index (χ2n) is 20.7. The van der Waals surface area contributed by atoms with Gasteiger partial charge in [0.25, 0.3) is 0 Å². The van der Waals surface area contributed by atoms with E-state index in [1.807, 2.05) is 86.6 Å². The summed E-state index contributed by atoms with van der Waals surface area (Å²) >= 11 is 0. The van der Waals surface area contributed by atoms with E-state index in [0.29, 0.717) is 34.2 Å². The second kappa shape index (κ2) is 26.6. The van der Waals surface area contributed by atoms with Gasteiger partial charge in [0.2, 0.25) is 0 Å². The van der Waals surface area contributed by atoms with Gasteiger partial charge >= 0.3 is 11.9 Å². The third-order valence-corrected chi connectivity index (χ3v) is 15.8. The first kappa shape index (κ1) is 53.8. The maximum atomic E-state index is 14.2. The molecule has 0 radical (unpaired) electrons. The lowest BCUT2D eigenvalue weighted by molar-refractivity contribution is -0.141. The van der Waals surface area contributed by atoms with E-state index in [9.17, 15) is 9.59 Å². The molecule has 0 saturated carbocycles. The van der Waals surface area contributed by atoms with Crippen LogP contribution in [-0.4, -0.2) is 38.4 Å². The van der Waals surface area contributed by atoms with Gasteiger partial charge < -0.3 is 28.4 Å². The second-order valence-corrected chi connectivity index (χ2v) is 20.7. The van der Waals surface area contributed by atoms with Gasteiger partial charge in [-0.2, -0.15) is 0 Å². The summed E-state index contributed by atoms with van der Waals surface area (Å²) in [7, 11) is 0. The summed E-state index contributed by atoms with van der Waals surface area (Å²) in [5.74, 6) is 1.45. The summed E-state index contributed by atoms with van der Waals surface area (Å²) in [6, 6.07) is 57.2. The average Bonchev–Trinajstić information content (AvgIpc) is 3.99. The standard InChI is InChI=1S/C68H76O8/c1-51-63-61(67(75-51,55-29-19-15-20-30-55)56-31-21-16-22-32-56)37-27-13-11-9-7-5-3-4-6-8-10-12-14-28-38-62-64(52(2)76-68(62,57-33-23-17-24-34-57)58-35-25-18-26-36-58)66(70)74-50-48-72-60-45-41-54(42-46-60)53-39-43-59(44-40-53)71-47-49-73-65(63)69/h15-26,29-36,39-46,61-62H,3-14,27-28,37-38,47-50H2,1-2H3. The molecule has 2 atom stereocenters. The molecule has 0 fully saturated rings. The molecule has 0 spiro atoms. The minimum absolute atomic E-state index is 0.101. The summed E-state index contributed by atoms with van der Waals surface area (Å²) in [4.78, 5) is 28.4. The van der Waals surface area contributed by atoms with Crippen LogP contribution in [-0.2, 0) is 39.7 Å². The topological polar surface area (TPSA) is 89.5 Å². The molecule has 11 rings (SSSR count). The van der Waals surface area contributed by atoms with Gasteiger partial charge in [0.05, 0.1) is 11.1 Å². The fourth-order valence-electron chi connectivity index (χ4n) is 12.1. The Balaban J connectivity index is 0.868. The number of fused-ring (bicyclic) bond motifs is 2. The zero-order chi connectivity index (χ0) is 52.4. The van der Waals surface area contributed by atoms with E-state index in [1.165, 1.54) is 64.2 Å². The summed E-state index contributed by atoms with van der Waals surface area (Å²) < 4.78 is 38.2. The van der Waals surface area contributed by atoms with Crippen molar-refractivity contribution in [3.63, 3.8) is 0 Å². The fraction of sp³-hybridized carbons (Fsp3) is 0.382. The highest BCUT2D eigenvalue weighted by molar-refractivity contribution is 5.91. The zero-order valence-corrected chi connectivity index (χ0v) is 44.7. The number of rotatable bonds is 4. The number of carbonyl (C=O) groups excluding carboxylic acids is 2. The average molecular weight is 1020 g/mol. The maximum absolute atomic E-state index is 14.2. The number of hydrogen-bond acceptors (Lipinski definition) is 8. The molecular formula is C68H76O8. The number of esters is 2. The molecule has 0 N–H and O–H groups in total. The predicted molar refractivity (Wildman–Crippen MR) is 301 cm³/mol. The van der Waals surface area contributed by atoms with Gasteiger partial charge in [-0.25, -0.2) is 9.59 Å².